The summed E-state index contributed by atoms with van der Waals surface area (Å²) in [5.74, 6) is 2.88. The van der Waals surface area contributed by atoms with Gasteiger partial charge in [0.15, 0.2) is 0 Å². The van der Waals surface area contributed by atoms with Crippen LogP contribution in [0.3, 0.4) is 0 Å². The molecule has 3 aliphatic rings. The lowest BCUT2D eigenvalue weighted by atomic mass is 9.82. The Balaban J connectivity index is 1.55. The van der Waals surface area contributed by atoms with Crippen LogP contribution in [0.5, 0.6) is 0 Å². The number of hydrogen-bond donors (Lipinski definition) is 0. The van der Waals surface area contributed by atoms with Crippen LogP contribution in [-0.2, 0) is 0 Å². The number of piperidine rings is 2. The molecule has 2 unspecified atom stereocenters. The molecule has 3 aliphatic heterocycles. The Hall–Kier alpha value is -0.0800. The van der Waals surface area contributed by atoms with E-state index in [1.54, 1.807) is 0 Å². The summed E-state index contributed by atoms with van der Waals surface area (Å²) < 4.78 is 0. The summed E-state index contributed by atoms with van der Waals surface area (Å²) >= 11 is 0. The zero-order valence-electron chi connectivity index (χ0n) is 13.1. The summed E-state index contributed by atoms with van der Waals surface area (Å²) in [6, 6.07) is 1.87. The minimum atomic E-state index is 0.897. The monoisotopic (exact) mass is 264 g/mol. The largest absolute Gasteiger partial charge is 0.306 e. The molecule has 0 aliphatic carbocycles. The standard InChI is InChI=1S/C17H32N2/c1-13(2)15-10-16-4-5-17(11-15)19(16)12-14-6-8-18(3)9-7-14/h13-17H,4-12H2,1-3H3. The molecule has 0 aromatic heterocycles. The molecule has 0 saturated carbocycles. The average molecular weight is 264 g/mol. The van der Waals surface area contributed by atoms with E-state index in [0.717, 1.165) is 29.8 Å². The smallest absolute Gasteiger partial charge is 0.0102 e. The second kappa shape index (κ2) is 5.73. The van der Waals surface area contributed by atoms with E-state index in [0.29, 0.717) is 0 Å². The van der Waals surface area contributed by atoms with Crippen molar-refractivity contribution in [3.8, 4) is 0 Å². The molecule has 3 saturated heterocycles. The highest BCUT2D eigenvalue weighted by atomic mass is 15.2. The van der Waals surface area contributed by atoms with Crippen LogP contribution < -0.4 is 0 Å². The first-order chi connectivity index (χ1) is 9.13. The van der Waals surface area contributed by atoms with Crippen LogP contribution in [0.2, 0.25) is 0 Å². The second-order valence-corrected chi connectivity index (χ2v) is 7.80. The van der Waals surface area contributed by atoms with Gasteiger partial charge in [-0.05, 0) is 76.4 Å². The lowest BCUT2D eigenvalue weighted by Gasteiger charge is -2.43. The maximum atomic E-state index is 2.93. The Morgan fingerprint density at radius 1 is 0.947 bits per heavy atom. The highest BCUT2D eigenvalue weighted by Gasteiger charge is 2.41. The van der Waals surface area contributed by atoms with Gasteiger partial charge in [0.25, 0.3) is 0 Å². The van der Waals surface area contributed by atoms with Gasteiger partial charge in [-0.25, -0.2) is 0 Å². The van der Waals surface area contributed by atoms with Crippen LogP contribution in [0.4, 0.5) is 0 Å². The van der Waals surface area contributed by atoms with E-state index in [2.05, 4.69) is 30.7 Å². The van der Waals surface area contributed by atoms with Gasteiger partial charge < -0.3 is 4.90 Å². The number of nitrogens with zero attached hydrogens (tertiary/aromatic N) is 2. The van der Waals surface area contributed by atoms with Crippen molar-refractivity contribution in [1.29, 1.82) is 0 Å². The number of likely N-dealkylation sites (tertiary alicyclic amines) is 1. The van der Waals surface area contributed by atoms with Crippen molar-refractivity contribution >= 4 is 0 Å². The highest BCUT2D eigenvalue weighted by molar-refractivity contribution is 4.96. The zero-order chi connectivity index (χ0) is 13.4. The second-order valence-electron chi connectivity index (χ2n) is 7.80. The summed E-state index contributed by atoms with van der Waals surface area (Å²) in [4.78, 5) is 5.42. The molecule has 3 fully saturated rings. The predicted octanol–water partition coefficient (Wildman–Crippen LogP) is 3.23. The third kappa shape index (κ3) is 3.00. The summed E-state index contributed by atoms with van der Waals surface area (Å²) in [7, 11) is 2.27. The molecule has 0 spiro atoms. The van der Waals surface area contributed by atoms with Gasteiger partial charge in [-0.1, -0.05) is 13.8 Å². The van der Waals surface area contributed by atoms with Gasteiger partial charge in [-0.3, -0.25) is 4.90 Å². The van der Waals surface area contributed by atoms with Crippen molar-refractivity contribution < 1.29 is 0 Å². The Bertz CT molecular complexity index is 280. The lowest BCUT2D eigenvalue weighted by molar-refractivity contribution is 0.0577. The first-order valence-corrected chi connectivity index (χ1v) is 8.57. The first-order valence-electron chi connectivity index (χ1n) is 8.57. The van der Waals surface area contributed by atoms with Crippen molar-refractivity contribution in [2.24, 2.45) is 17.8 Å². The first kappa shape index (κ1) is 13.9. The van der Waals surface area contributed by atoms with Gasteiger partial charge >= 0.3 is 0 Å². The van der Waals surface area contributed by atoms with E-state index >= 15 is 0 Å². The third-order valence-corrected chi connectivity index (χ3v) is 6.17. The fraction of sp³-hybridized carbons (Fsp3) is 1.00. The van der Waals surface area contributed by atoms with Crippen LogP contribution in [-0.4, -0.2) is 48.6 Å². The van der Waals surface area contributed by atoms with Crippen LogP contribution >= 0.6 is 0 Å². The van der Waals surface area contributed by atoms with Gasteiger partial charge in [0.1, 0.15) is 0 Å². The number of fused-ring (bicyclic) bond motifs is 2. The summed E-state index contributed by atoms with van der Waals surface area (Å²) in [5.41, 5.74) is 0. The molecule has 0 aromatic carbocycles. The molecule has 2 atom stereocenters. The maximum Gasteiger partial charge on any atom is 0.0102 e. The molecule has 2 heteroatoms. The van der Waals surface area contributed by atoms with Crippen molar-refractivity contribution in [1.82, 2.24) is 9.80 Å². The predicted molar refractivity (Wildman–Crippen MR) is 81.3 cm³/mol. The summed E-state index contributed by atoms with van der Waals surface area (Å²) in [5, 5.41) is 0. The molecule has 2 nitrogen and oxygen atoms in total. The maximum absolute atomic E-state index is 2.93. The number of rotatable bonds is 3. The van der Waals surface area contributed by atoms with Gasteiger partial charge in [0, 0.05) is 18.6 Å². The minimum absolute atomic E-state index is 0.897. The van der Waals surface area contributed by atoms with E-state index in [1.165, 1.54) is 58.2 Å². The lowest BCUT2D eigenvalue weighted by Crippen LogP contribution is -2.47. The molecule has 19 heavy (non-hydrogen) atoms. The average Bonchev–Trinajstić information content (AvgIpc) is 2.62. The van der Waals surface area contributed by atoms with Crippen molar-refractivity contribution in [2.75, 3.05) is 26.7 Å². The molecular weight excluding hydrogens is 232 g/mol. The Kier molecular flexibility index (Phi) is 4.19. The number of hydrogen-bond acceptors (Lipinski definition) is 2. The molecular formula is C17H32N2. The summed E-state index contributed by atoms with van der Waals surface area (Å²) in [6.45, 7) is 8.91. The summed E-state index contributed by atoms with van der Waals surface area (Å²) in [6.07, 6.45) is 8.81. The van der Waals surface area contributed by atoms with E-state index in [1.807, 2.05) is 0 Å². The van der Waals surface area contributed by atoms with E-state index in [4.69, 9.17) is 0 Å². The molecule has 3 heterocycles. The van der Waals surface area contributed by atoms with Crippen molar-refractivity contribution in [3.63, 3.8) is 0 Å². The minimum Gasteiger partial charge on any atom is -0.306 e. The Labute approximate surface area is 119 Å². The molecule has 110 valence electrons. The van der Waals surface area contributed by atoms with Gasteiger partial charge in [-0.2, -0.15) is 0 Å². The molecule has 2 bridgehead atoms. The van der Waals surface area contributed by atoms with E-state index < -0.39 is 0 Å². The van der Waals surface area contributed by atoms with Crippen molar-refractivity contribution in [2.45, 2.75) is 64.5 Å². The zero-order valence-corrected chi connectivity index (χ0v) is 13.1. The van der Waals surface area contributed by atoms with E-state index in [9.17, 15) is 0 Å². The van der Waals surface area contributed by atoms with Gasteiger partial charge in [-0.15, -0.1) is 0 Å². The molecule has 0 amide bonds. The van der Waals surface area contributed by atoms with Crippen LogP contribution in [0.25, 0.3) is 0 Å². The van der Waals surface area contributed by atoms with Crippen LogP contribution in [0.1, 0.15) is 52.4 Å². The molecule has 0 N–H and O–H groups in total. The van der Waals surface area contributed by atoms with Crippen LogP contribution in [0.15, 0.2) is 0 Å². The SMILES string of the molecule is CC(C)C1CC2CCC(C1)N2CC1CCN(C)CC1. The fourth-order valence-corrected chi connectivity index (χ4v) is 4.70. The molecule has 3 rings (SSSR count). The highest BCUT2D eigenvalue weighted by Crippen LogP contribution is 2.42. The molecule has 0 aromatic rings. The quantitative estimate of drug-likeness (QED) is 0.772. The fourth-order valence-electron chi connectivity index (χ4n) is 4.70. The molecule has 0 radical (unpaired) electrons. The normalized spacial score (nSPS) is 38.2. The van der Waals surface area contributed by atoms with Crippen LogP contribution in [0, 0.1) is 17.8 Å². The van der Waals surface area contributed by atoms with Gasteiger partial charge in [0.05, 0.1) is 0 Å². The van der Waals surface area contributed by atoms with Crippen molar-refractivity contribution in [3.05, 3.63) is 0 Å². The van der Waals surface area contributed by atoms with E-state index in [-0.39, 0.29) is 0 Å². The topological polar surface area (TPSA) is 6.48 Å². The van der Waals surface area contributed by atoms with Gasteiger partial charge in [0.2, 0.25) is 0 Å². The third-order valence-electron chi connectivity index (χ3n) is 6.17. The Morgan fingerprint density at radius 2 is 1.53 bits per heavy atom. The Morgan fingerprint density at radius 3 is 2.05 bits per heavy atom.